The molecule has 0 bridgehead atoms. The number of nitrogens with one attached hydrogen (secondary N) is 1. The van der Waals surface area contributed by atoms with Gasteiger partial charge in [0.2, 0.25) is 0 Å². The van der Waals surface area contributed by atoms with Crippen LogP contribution in [-0.2, 0) is 0 Å². The molecule has 0 amide bonds. The van der Waals surface area contributed by atoms with E-state index >= 15 is 0 Å². The topological polar surface area (TPSA) is 21.3 Å². The van der Waals surface area contributed by atoms with Crippen molar-refractivity contribution in [2.24, 2.45) is 0 Å². The second-order valence-electron chi connectivity index (χ2n) is 4.99. The number of hydrogen-bond acceptors (Lipinski definition) is 3. The van der Waals surface area contributed by atoms with Crippen molar-refractivity contribution < 1.29 is 4.74 Å². The molecule has 1 atom stereocenters. The van der Waals surface area contributed by atoms with E-state index in [9.17, 15) is 0 Å². The highest BCUT2D eigenvalue weighted by atomic mass is 32.2. The molecule has 1 saturated heterocycles. The number of benzene rings is 2. The highest BCUT2D eigenvalue weighted by Gasteiger charge is 2.13. The molecule has 3 rings (SSSR count). The highest BCUT2D eigenvalue weighted by molar-refractivity contribution is 7.99. The Morgan fingerprint density at radius 1 is 1.00 bits per heavy atom. The zero-order valence-corrected chi connectivity index (χ0v) is 12.2. The first-order chi connectivity index (χ1) is 9.90. The maximum atomic E-state index is 5.79. The molecule has 20 heavy (non-hydrogen) atoms. The van der Waals surface area contributed by atoms with Crippen LogP contribution in [0.1, 0.15) is 12.8 Å². The summed E-state index contributed by atoms with van der Waals surface area (Å²) in [5.41, 5.74) is 0. The van der Waals surface area contributed by atoms with Crippen LogP contribution in [0.15, 0.2) is 59.5 Å². The molecule has 104 valence electrons. The van der Waals surface area contributed by atoms with Gasteiger partial charge < -0.3 is 10.1 Å². The van der Waals surface area contributed by atoms with Crippen molar-refractivity contribution in [1.82, 2.24) is 5.32 Å². The zero-order chi connectivity index (χ0) is 13.6. The Morgan fingerprint density at radius 2 is 1.75 bits per heavy atom. The van der Waals surface area contributed by atoms with Crippen LogP contribution < -0.4 is 10.1 Å². The minimum atomic E-state index is 0.681. The molecule has 0 saturated carbocycles. The fourth-order valence-electron chi connectivity index (χ4n) is 2.32. The van der Waals surface area contributed by atoms with E-state index in [0.29, 0.717) is 6.04 Å². The van der Waals surface area contributed by atoms with Gasteiger partial charge in [0.1, 0.15) is 11.5 Å². The number of hydrogen-bond donors (Lipinski definition) is 1. The van der Waals surface area contributed by atoms with Crippen molar-refractivity contribution in [3.8, 4) is 11.5 Å². The van der Waals surface area contributed by atoms with Gasteiger partial charge in [0.15, 0.2) is 0 Å². The van der Waals surface area contributed by atoms with E-state index in [-0.39, 0.29) is 0 Å². The molecule has 0 radical (unpaired) electrons. The summed E-state index contributed by atoms with van der Waals surface area (Å²) >= 11 is 1.91. The van der Waals surface area contributed by atoms with Crippen LogP contribution in [0.25, 0.3) is 0 Å². The average molecular weight is 285 g/mol. The van der Waals surface area contributed by atoms with Crippen molar-refractivity contribution in [3.05, 3.63) is 54.6 Å². The van der Waals surface area contributed by atoms with Crippen LogP contribution >= 0.6 is 11.8 Å². The molecule has 0 aliphatic carbocycles. The Bertz CT molecular complexity index is 520. The van der Waals surface area contributed by atoms with Crippen molar-refractivity contribution in [3.63, 3.8) is 0 Å². The third-order valence-electron chi connectivity index (χ3n) is 3.42. The lowest BCUT2D eigenvalue weighted by Crippen LogP contribution is -2.23. The van der Waals surface area contributed by atoms with Crippen molar-refractivity contribution in [2.45, 2.75) is 23.8 Å². The average Bonchev–Trinajstić information content (AvgIpc) is 3.01. The first-order valence-electron chi connectivity index (χ1n) is 7.09. The lowest BCUT2D eigenvalue weighted by Gasteiger charge is -2.10. The largest absolute Gasteiger partial charge is 0.457 e. The van der Waals surface area contributed by atoms with E-state index in [1.165, 1.54) is 24.3 Å². The van der Waals surface area contributed by atoms with E-state index < -0.39 is 0 Å². The van der Waals surface area contributed by atoms with Crippen LogP contribution in [0, 0.1) is 0 Å². The van der Waals surface area contributed by atoms with E-state index in [1.54, 1.807) is 0 Å². The molecule has 2 aromatic carbocycles. The zero-order valence-electron chi connectivity index (χ0n) is 11.4. The van der Waals surface area contributed by atoms with E-state index in [4.69, 9.17) is 4.74 Å². The first-order valence-corrected chi connectivity index (χ1v) is 8.08. The summed E-state index contributed by atoms with van der Waals surface area (Å²) in [4.78, 5) is 1.30. The second kappa shape index (κ2) is 6.82. The Morgan fingerprint density at radius 3 is 2.45 bits per heavy atom. The lowest BCUT2D eigenvalue weighted by molar-refractivity contribution is 0.482. The summed E-state index contributed by atoms with van der Waals surface area (Å²) < 4.78 is 5.79. The van der Waals surface area contributed by atoms with Gasteiger partial charge in [0, 0.05) is 16.7 Å². The van der Waals surface area contributed by atoms with Crippen molar-refractivity contribution >= 4 is 11.8 Å². The molecule has 1 heterocycles. The van der Waals surface area contributed by atoms with Gasteiger partial charge >= 0.3 is 0 Å². The highest BCUT2D eigenvalue weighted by Crippen LogP contribution is 2.26. The number of para-hydroxylation sites is 1. The Hall–Kier alpha value is -1.45. The summed E-state index contributed by atoms with van der Waals surface area (Å²) in [6.45, 7) is 1.18. The molecule has 0 aromatic heterocycles. The molecule has 1 aliphatic rings. The first kappa shape index (κ1) is 13.5. The fraction of sp³-hybridized carbons (Fsp3) is 0.294. The molecule has 2 nitrogen and oxygen atoms in total. The molecule has 1 fully saturated rings. The van der Waals surface area contributed by atoms with Crippen LogP contribution in [0.3, 0.4) is 0 Å². The van der Waals surface area contributed by atoms with Gasteiger partial charge in [-0.1, -0.05) is 18.2 Å². The van der Waals surface area contributed by atoms with Gasteiger partial charge in [-0.3, -0.25) is 0 Å². The van der Waals surface area contributed by atoms with Crippen LogP contribution in [0.2, 0.25) is 0 Å². The number of thioether (sulfide) groups is 1. The summed E-state index contributed by atoms with van der Waals surface area (Å²) in [7, 11) is 0. The molecule has 1 N–H and O–H groups in total. The van der Waals surface area contributed by atoms with E-state index in [2.05, 4.69) is 17.4 Å². The predicted molar refractivity (Wildman–Crippen MR) is 84.7 cm³/mol. The summed E-state index contributed by atoms with van der Waals surface area (Å²) in [6.07, 6.45) is 2.62. The van der Waals surface area contributed by atoms with Crippen molar-refractivity contribution in [1.29, 1.82) is 0 Å². The SMILES string of the molecule is c1ccc(Oc2ccc(SCC3CCCN3)cc2)cc1. The van der Waals surface area contributed by atoms with Gasteiger partial charge in [-0.2, -0.15) is 0 Å². The molecule has 1 aliphatic heterocycles. The molecule has 0 spiro atoms. The summed E-state index contributed by atoms with van der Waals surface area (Å²) in [6, 6.07) is 18.9. The fourth-order valence-corrected chi connectivity index (χ4v) is 3.33. The quantitative estimate of drug-likeness (QED) is 0.827. The van der Waals surface area contributed by atoms with Gasteiger partial charge in [-0.15, -0.1) is 11.8 Å². The molecular weight excluding hydrogens is 266 g/mol. The minimum absolute atomic E-state index is 0.681. The third kappa shape index (κ3) is 3.78. The van der Waals surface area contributed by atoms with Crippen molar-refractivity contribution in [2.75, 3.05) is 12.3 Å². The maximum Gasteiger partial charge on any atom is 0.127 e. The molecule has 1 unspecified atom stereocenters. The maximum absolute atomic E-state index is 5.79. The summed E-state index contributed by atoms with van der Waals surface area (Å²) in [5, 5.41) is 3.53. The monoisotopic (exact) mass is 285 g/mol. The minimum Gasteiger partial charge on any atom is -0.457 e. The Kier molecular flexibility index (Phi) is 4.61. The van der Waals surface area contributed by atoms with Crippen LogP contribution in [0.5, 0.6) is 11.5 Å². The van der Waals surface area contributed by atoms with Gasteiger partial charge in [0.25, 0.3) is 0 Å². The van der Waals surface area contributed by atoms with Gasteiger partial charge in [-0.05, 0) is 55.8 Å². The normalized spacial score (nSPS) is 18.1. The Labute approximate surface area is 124 Å². The Balaban J connectivity index is 1.54. The molecule has 2 aromatic rings. The number of rotatable bonds is 5. The molecular formula is C17H19NOS. The second-order valence-corrected chi connectivity index (χ2v) is 6.08. The van der Waals surface area contributed by atoms with E-state index in [1.807, 2.05) is 54.2 Å². The van der Waals surface area contributed by atoms with E-state index in [0.717, 1.165) is 17.3 Å². The van der Waals surface area contributed by atoms with Crippen LogP contribution in [0.4, 0.5) is 0 Å². The lowest BCUT2D eigenvalue weighted by atomic mass is 10.3. The number of ether oxygens (including phenoxy) is 1. The molecule has 3 heteroatoms. The standard InChI is InChI=1S/C17H19NOS/c1-2-6-15(7-3-1)19-16-8-10-17(11-9-16)20-13-14-5-4-12-18-14/h1-3,6-11,14,18H,4-5,12-13H2. The van der Waals surface area contributed by atoms with Gasteiger partial charge in [-0.25, -0.2) is 0 Å². The smallest absolute Gasteiger partial charge is 0.127 e. The predicted octanol–water partition coefficient (Wildman–Crippen LogP) is 4.32. The third-order valence-corrected chi connectivity index (χ3v) is 4.59. The van der Waals surface area contributed by atoms with Gasteiger partial charge in [0.05, 0.1) is 0 Å². The van der Waals surface area contributed by atoms with Crippen LogP contribution in [-0.4, -0.2) is 18.3 Å². The summed E-state index contributed by atoms with van der Waals surface area (Å²) in [5.74, 6) is 2.92.